The lowest BCUT2D eigenvalue weighted by atomic mass is 10.3. The summed E-state index contributed by atoms with van der Waals surface area (Å²) >= 11 is 0. The van der Waals surface area contributed by atoms with Crippen molar-refractivity contribution < 1.29 is 4.79 Å². The van der Waals surface area contributed by atoms with Gasteiger partial charge in [0.15, 0.2) is 0 Å². The Morgan fingerprint density at radius 2 is 2.24 bits per heavy atom. The number of nitrogens with zero attached hydrogens (tertiary/aromatic N) is 3. The smallest absolute Gasteiger partial charge is 0.277 e. The number of amides is 1. The van der Waals surface area contributed by atoms with Crippen molar-refractivity contribution in [2.24, 2.45) is 0 Å². The molecule has 2 rings (SSSR count). The molecule has 1 N–H and O–H groups in total. The molecule has 0 aliphatic heterocycles. The van der Waals surface area contributed by atoms with E-state index in [0.29, 0.717) is 5.82 Å². The predicted octanol–water partition coefficient (Wildman–Crippen LogP) is 1.56. The van der Waals surface area contributed by atoms with Crippen molar-refractivity contribution >= 4 is 11.7 Å². The summed E-state index contributed by atoms with van der Waals surface area (Å²) in [5.41, 5.74) is 0.483. The molecule has 5 nitrogen and oxygen atoms in total. The molecule has 0 aromatic carbocycles. The van der Waals surface area contributed by atoms with Gasteiger partial charge in [-0.1, -0.05) is 6.07 Å². The maximum atomic E-state index is 12.0. The van der Waals surface area contributed by atoms with E-state index >= 15 is 0 Å². The van der Waals surface area contributed by atoms with Crippen LogP contribution < -0.4 is 4.90 Å². The summed E-state index contributed by atoms with van der Waals surface area (Å²) in [7, 11) is 1.65. The number of H-pyrrole nitrogens is 1. The third kappa shape index (κ3) is 2.16. The van der Waals surface area contributed by atoms with Crippen molar-refractivity contribution in [3.05, 3.63) is 47.9 Å². The normalized spacial score (nSPS) is 9.65. The van der Waals surface area contributed by atoms with Crippen LogP contribution in [0.1, 0.15) is 16.2 Å². The number of hydrogen-bond acceptors (Lipinski definition) is 3. The number of nitriles is 1. The molecule has 0 radical (unpaired) electrons. The molecule has 0 atom stereocenters. The number of hydrogen-bond donors (Lipinski definition) is 1. The van der Waals surface area contributed by atoms with Crippen molar-refractivity contribution in [1.82, 2.24) is 9.97 Å². The van der Waals surface area contributed by atoms with Gasteiger partial charge >= 0.3 is 0 Å². The second kappa shape index (κ2) is 4.49. The molecule has 0 unspecified atom stereocenters. The number of nitrogens with one attached hydrogen (secondary N) is 1. The Bertz CT molecular complexity index is 568. The second-order valence-electron chi connectivity index (χ2n) is 3.44. The van der Waals surface area contributed by atoms with Gasteiger partial charge < -0.3 is 4.98 Å². The highest BCUT2D eigenvalue weighted by atomic mass is 16.2. The first-order valence-electron chi connectivity index (χ1n) is 5.01. The summed E-state index contributed by atoms with van der Waals surface area (Å²) < 4.78 is 0. The van der Waals surface area contributed by atoms with Gasteiger partial charge in [0, 0.05) is 13.2 Å². The maximum absolute atomic E-state index is 12.0. The minimum atomic E-state index is -0.260. The quantitative estimate of drug-likeness (QED) is 0.844. The Morgan fingerprint density at radius 3 is 2.88 bits per heavy atom. The van der Waals surface area contributed by atoms with E-state index in [1.165, 1.54) is 4.90 Å². The summed E-state index contributed by atoms with van der Waals surface area (Å²) in [6.07, 6.45) is 1.73. The molecule has 5 heteroatoms. The van der Waals surface area contributed by atoms with Crippen LogP contribution in [0.25, 0.3) is 0 Å². The van der Waals surface area contributed by atoms with Crippen LogP contribution >= 0.6 is 0 Å². The first kappa shape index (κ1) is 10.9. The maximum Gasteiger partial charge on any atom is 0.277 e. The van der Waals surface area contributed by atoms with Crippen LogP contribution in [0.15, 0.2) is 36.5 Å². The van der Waals surface area contributed by atoms with Gasteiger partial charge in [-0.25, -0.2) is 4.98 Å². The Labute approximate surface area is 98.3 Å². The van der Waals surface area contributed by atoms with Crippen LogP contribution in [0.2, 0.25) is 0 Å². The van der Waals surface area contributed by atoms with Gasteiger partial charge in [0.1, 0.15) is 23.3 Å². The lowest BCUT2D eigenvalue weighted by Gasteiger charge is -2.14. The SMILES string of the molecule is CN(C(=O)c1cccc(C#N)n1)c1ccc[nH]1. The van der Waals surface area contributed by atoms with Crippen LogP contribution in [0, 0.1) is 11.3 Å². The molecular formula is C12H10N4O. The average Bonchev–Trinajstić information content (AvgIpc) is 2.91. The van der Waals surface area contributed by atoms with Crippen LogP contribution in [-0.4, -0.2) is 22.9 Å². The molecule has 2 aromatic heterocycles. The standard InChI is InChI=1S/C12H10N4O/c1-16(11-6-3-7-14-11)12(17)10-5-2-4-9(8-13)15-10/h2-7,14H,1H3. The van der Waals surface area contributed by atoms with Crippen molar-refractivity contribution in [1.29, 1.82) is 5.26 Å². The third-order valence-electron chi connectivity index (χ3n) is 2.33. The number of rotatable bonds is 2. The Morgan fingerprint density at radius 1 is 1.41 bits per heavy atom. The topological polar surface area (TPSA) is 72.8 Å². The van der Waals surface area contributed by atoms with Gasteiger partial charge in [0.2, 0.25) is 0 Å². The zero-order valence-electron chi connectivity index (χ0n) is 9.21. The summed E-state index contributed by atoms with van der Waals surface area (Å²) in [4.78, 5) is 20.4. The first-order chi connectivity index (χ1) is 8.22. The number of carbonyl (C=O) groups excluding carboxylic acids is 1. The molecule has 84 valence electrons. The summed E-state index contributed by atoms with van der Waals surface area (Å²) in [5.74, 6) is 0.420. The van der Waals surface area contributed by atoms with Gasteiger partial charge in [-0.15, -0.1) is 0 Å². The number of anilines is 1. The lowest BCUT2D eigenvalue weighted by molar-refractivity contribution is 0.0987. The molecule has 0 bridgehead atoms. The van der Waals surface area contributed by atoms with Crippen LogP contribution in [0.3, 0.4) is 0 Å². The third-order valence-corrected chi connectivity index (χ3v) is 2.33. The van der Waals surface area contributed by atoms with Gasteiger partial charge in [-0.05, 0) is 24.3 Å². The van der Waals surface area contributed by atoms with E-state index in [9.17, 15) is 4.79 Å². The van der Waals surface area contributed by atoms with Gasteiger partial charge in [-0.3, -0.25) is 9.69 Å². The Kier molecular flexibility index (Phi) is 2.88. The fourth-order valence-corrected chi connectivity index (χ4v) is 1.43. The molecular weight excluding hydrogens is 216 g/mol. The first-order valence-corrected chi connectivity index (χ1v) is 5.01. The number of aromatic nitrogens is 2. The Hall–Kier alpha value is -2.61. The van der Waals surface area contributed by atoms with E-state index in [1.807, 2.05) is 6.07 Å². The Balaban J connectivity index is 2.28. The molecule has 1 amide bonds. The van der Waals surface area contributed by atoms with Crippen molar-refractivity contribution in [3.63, 3.8) is 0 Å². The summed E-state index contributed by atoms with van der Waals surface area (Å²) in [6.45, 7) is 0. The molecule has 2 aromatic rings. The zero-order chi connectivity index (χ0) is 12.3. The minimum Gasteiger partial charge on any atom is -0.348 e. The molecule has 0 saturated carbocycles. The van der Waals surface area contributed by atoms with Crippen LogP contribution in [0.5, 0.6) is 0 Å². The summed E-state index contributed by atoms with van der Waals surface area (Å²) in [5, 5.41) is 8.72. The fourth-order valence-electron chi connectivity index (χ4n) is 1.43. The molecule has 0 spiro atoms. The van der Waals surface area contributed by atoms with Crippen LogP contribution in [0.4, 0.5) is 5.82 Å². The molecule has 2 heterocycles. The number of pyridine rings is 1. The van der Waals surface area contributed by atoms with Crippen molar-refractivity contribution in [2.75, 3.05) is 11.9 Å². The van der Waals surface area contributed by atoms with E-state index in [2.05, 4.69) is 9.97 Å². The van der Waals surface area contributed by atoms with Gasteiger partial charge in [0.25, 0.3) is 5.91 Å². The molecule has 0 saturated heterocycles. The van der Waals surface area contributed by atoms with E-state index in [1.54, 1.807) is 43.6 Å². The van der Waals surface area contributed by atoms with E-state index < -0.39 is 0 Å². The molecule has 0 aliphatic carbocycles. The van der Waals surface area contributed by atoms with Crippen molar-refractivity contribution in [3.8, 4) is 6.07 Å². The molecule has 0 aliphatic rings. The second-order valence-corrected chi connectivity index (χ2v) is 3.44. The zero-order valence-corrected chi connectivity index (χ0v) is 9.21. The van der Waals surface area contributed by atoms with Gasteiger partial charge in [-0.2, -0.15) is 5.26 Å². The highest BCUT2D eigenvalue weighted by Gasteiger charge is 2.15. The lowest BCUT2D eigenvalue weighted by Crippen LogP contribution is -2.27. The predicted molar refractivity (Wildman–Crippen MR) is 62.5 cm³/mol. The van der Waals surface area contributed by atoms with Gasteiger partial charge in [0.05, 0.1) is 0 Å². The highest BCUT2D eigenvalue weighted by Crippen LogP contribution is 2.11. The molecule has 17 heavy (non-hydrogen) atoms. The average molecular weight is 226 g/mol. The van der Waals surface area contributed by atoms with E-state index in [4.69, 9.17) is 5.26 Å². The van der Waals surface area contributed by atoms with Crippen molar-refractivity contribution in [2.45, 2.75) is 0 Å². The fraction of sp³-hybridized carbons (Fsp3) is 0.0833. The monoisotopic (exact) mass is 226 g/mol. The highest BCUT2D eigenvalue weighted by molar-refractivity contribution is 6.03. The number of carbonyl (C=O) groups is 1. The summed E-state index contributed by atoms with van der Waals surface area (Å²) in [6, 6.07) is 10.3. The van der Waals surface area contributed by atoms with E-state index in [0.717, 1.165) is 0 Å². The minimum absolute atomic E-state index is 0.232. The molecule has 0 fully saturated rings. The largest absolute Gasteiger partial charge is 0.348 e. The van der Waals surface area contributed by atoms with Crippen LogP contribution in [-0.2, 0) is 0 Å². The number of aromatic amines is 1. The van der Waals surface area contributed by atoms with E-state index in [-0.39, 0.29) is 17.3 Å².